The van der Waals surface area contributed by atoms with Gasteiger partial charge >= 0.3 is 0 Å². The number of amides is 2. The van der Waals surface area contributed by atoms with Gasteiger partial charge in [-0.3, -0.25) is 9.59 Å². The van der Waals surface area contributed by atoms with E-state index < -0.39 is 0 Å². The molecule has 0 fully saturated rings. The maximum atomic E-state index is 13.3. The summed E-state index contributed by atoms with van der Waals surface area (Å²) in [6, 6.07) is 13.9. The molecule has 0 saturated carbocycles. The third-order valence-corrected chi connectivity index (χ3v) is 6.52. The Morgan fingerprint density at radius 2 is 1.89 bits per heavy atom. The molecule has 1 aromatic heterocycles. The van der Waals surface area contributed by atoms with Crippen molar-refractivity contribution in [1.29, 1.82) is 0 Å². The lowest BCUT2D eigenvalue weighted by atomic mass is 9.88. The van der Waals surface area contributed by atoms with Gasteiger partial charge < -0.3 is 10.6 Å². The lowest BCUT2D eigenvalue weighted by molar-refractivity contribution is -0.115. The molecule has 0 saturated heterocycles. The fraction of sp³-hybridized carbons (Fsp3) is 0.304. The highest BCUT2D eigenvalue weighted by atomic mass is 32.1. The average molecular weight is 393 g/mol. The average Bonchev–Trinajstić information content (AvgIpc) is 3.04. The van der Waals surface area contributed by atoms with Gasteiger partial charge in [-0.2, -0.15) is 0 Å². The van der Waals surface area contributed by atoms with Crippen LogP contribution in [0.4, 0.5) is 10.7 Å². The minimum Gasteiger partial charge on any atom is -0.321 e. The Kier molecular flexibility index (Phi) is 5.18. The van der Waals surface area contributed by atoms with Crippen molar-refractivity contribution in [3.8, 4) is 0 Å². The van der Waals surface area contributed by atoms with E-state index in [-0.39, 0.29) is 11.8 Å². The molecular weight excluding hydrogens is 368 g/mol. The number of anilines is 2. The Hall–Kier alpha value is -2.66. The Bertz CT molecular complexity index is 1050. The van der Waals surface area contributed by atoms with Crippen LogP contribution < -0.4 is 10.6 Å². The fourth-order valence-corrected chi connectivity index (χ4v) is 5.24. The summed E-state index contributed by atoms with van der Waals surface area (Å²) < 4.78 is 0. The van der Waals surface area contributed by atoms with Crippen molar-refractivity contribution in [1.82, 2.24) is 0 Å². The van der Waals surface area contributed by atoms with Gasteiger partial charge in [0, 0.05) is 22.4 Å². The molecular formula is C23H24N2O2S. The van der Waals surface area contributed by atoms with Gasteiger partial charge in [-0.15, -0.1) is 11.3 Å². The molecule has 0 aliphatic heterocycles. The number of benzene rings is 2. The Morgan fingerprint density at radius 3 is 2.71 bits per heavy atom. The van der Waals surface area contributed by atoms with E-state index in [0.29, 0.717) is 22.9 Å². The molecule has 1 aliphatic carbocycles. The quantitative estimate of drug-likeness (QED) is 0.605. The molecule has 1 atom stereocenters. The maximum Gasteiger partial charge on any atom is 0.258 e. The molecule has 4 rings (SSSR count). The molecule has 1 unspecified atom stereocenters. The molecule has 0 radical (unpaired) electrons. The van der Waals surface area contributed by atoms with E-state index in [1.54, 1.807) is 11.3 Å². The first-order valence-corrected chi connectivity index (χ1v) is 10.6. The molecule has 5 heteroatoms. The van der Waals surface area contributed by atoms with Crippen molar-refractivity contribution in [2.24, 2.45) is 5.92 Å². The van der Waals surface area contributed by atoms with Crippen molar-refractivity contribution < 1.29 is 9.59 Å². The van der Waals surface area contributed by atoms with E-state index in [1.165, 1.54) is 4.88 Å². The largest absolute Gasteiger partial charge is 0.321 e. The van der Waals surface area contributed by atoms with Crippen LogP contribution in [0.15, 0.2) is 42.5 Å². The second-order valence-corrected chi connectivity index (χ2v) is 8.54. The van der Waals surface area contributed by atoms with Crippen molar-refractivity contribution >= 4 is 44.6 Å². The zero-order chi connectivity index (χ0) is 19.7. The van der Waals surface area contributed by atoms with Crippen LogP contribution in [0.1, 0.15) is 47.5 Å². The van der Waals surface area contributed by atoms with E-state index in [0.717, 1.165) is 41.3 Å². The van der Waals surface area contributed by atoms with E-state index in [4.69, 9.17) is 0 Å². The molecule has 2 aromatic carbocycles. The number of rotatable bonds is 4. The van der Waals surface area contributed by atoms with Gasteiger partial charge in [-0.05, 0) is 42.2 Å². The lowest BCUT2D eigenvalue weighted by Gasteiger charge is -2.19. The molecule has 1 heterocycles. The van der Waals surface area contributed by atoms with Crippen LogP contribution in [0, 0.1) is 5.92 Å². The topological polar surface area (TPSA) is 58.2 Å². The van der Waals surface area contributed by atoms with E-state index in [2.05, 4.69) is 17.6 Å². The monoisotopic (exact) mass is 392 g/mol. The minimum atomic E-state index is -0.144. The smallest absolute Gasteiger partial charge is 0.258 e. The zero-order valence-corrected chi connectivity index (χ0v) is 17.0. The van der Waals surface area contributed by atoms with E-state index in [9.17, 15) is 9.59 Å². The number of carbonyl (C=O) groups is 2. The zero-order valence-electron chi connectivity index (χ0n) is 16.2. The predicted octanol–water partition coefficient (Wildman–Crippen LogP) is 5.63. The number of fused-ring (bicyclic) bond motifs is 2. The summed E-state index contributed by atoms with van der Waals surface area (Å²) in [6.45, 7) is 4.06. The SMILES string of the molecule is CCC(=O)Nc1sc2c(c1C(=O)Nc1cccc3ccccc13)CCC(C)C2. The number of carbonyl (C=O) groups excluding carboxylic acids is 2. The molecule has 3 aromatic rings. The number of thiophene rings is 1. The molecule has 0 bridgehead atoms. The summed E-state index contributed by atoms with van der Waals surface area (Å²) in [5, 5.41) is 8.83. The Balaban J connectivity index is 1.72. The molecule has 28 heavy (non-hydrogen) atoms. The van der Waals surface area contributed by atoms with Crippen LogP contribution in [-0.2, 0) is 17.6 Å². The highest BCUT2D eigenvalue weighted by Crippen LogP contribution is 2.40. The molecule has 1 aliphatic rings. The lowest BCUT2D eigenvalue weighted by Crippen LogP contribution is -2.19. The van der Waals surface area contributed by atoms with Crippen LogP contribution in [0.5, 0.6) is 0 Å². The van der Waals surface area contributed by atoms with Gasteiger partial charge in [0.1, 0.15) is 5.00 Å². The second kappa shape index (κ2) is 7.76. The first kappa shape index (κ1) is 18.7. The van der Waals surface area contributed by atoms with Crippen molar-refractivity contribution in [3.63, 3.8) is 0 Å². The first-order valence-electron chi connectivity index (χ1n) is 9.80. The number of nitrogens with one attached hydrogen (secondary N) is 2. The van der Waals surface area contributed by atoms with Gasteiger partial charge in [0.2, 0.25) is 5.91 Å². The van der Waals surface area contributed by atoms with Crippen molar-refractivity contribution in [2.75, 3.05) is 10.6 Å². The predicted molar refractivity (Wildman–Crippen MR) is 116 cm³/mol. The molecule has 4 nitrogen and oxygen atoms in total. The van der Waals surface area contributed by atoms with E-state index >= 15 is 0 Å². The van der Waals surface area contributed by atoms with Crippen molar-refractivity contribution in [2.45, 2.75) is 39.5 Å². The van der Waals surface area contributed by atoms with Gasteiger partial charge in [0.15, 0.2) is 0 Å². The van der Waals surface area contributed by atoms with Gasteiger partial charge in [0.05, 0.1) is 5.56 Å². The summed E-state index contributed by atoms with van der Waals surface area (Å²) in [7, 11) is 0. The van der Waals surface area contributed by atoms with Crippen LogP contribution in [0.3, 0.4) is 0 Å². The second-order valence-electron chi connectivity index (χ2n) is 7.44. The first-order chi connectivity index (χ1) is 13.6. The van der Waals surface area contributed by atoms with Crippen LogP contribution in [0.2, 0.25) is 0 Å². The number of hydrogen-bond donors (Lipinski definition) is 2. The third-order valence-electron chi connectivity index (χ3n) is 5.35. The number of hydrogen-bond acceptors (Lipinski definition) is 3. The summed E-state index contributed by atoms with van der Waals surface area (Å²) in [4.78, 5) is 26.6. The van der Waals surface area contributed by atoms with Crippen molar-refractivity contribution in [3.05, 3.63) is 58.5 Å². The third kappa shape index (κ3) is 3.54. The molecule has 2 amide bonds. The minimum absolute atomic E-state index is 0.0640. The van der Waals surface area contributed by atoms with Crippen LogP contribution in [0.25, 0.3) is 10.8 Å². The van der Waals surface area contributed by atoms with Gasteiger partial charge in [-0.1, -0.05) is 50.2 Å². The highest BCUT2D eigenvalue weighted by molar-refractivity contribution is 7.17. The van der Waals surface area contributed by atoms with Gasteiger partial charge in [-0.25, -0.2) is 0 Å². The maximum absolute atomic E-state index is 13.3. The van der Waals surface area contributed by atoms with E-state index in [1.807, 2.05) is 49.4 Å². The Labute approximate surface area is 169 Å². The van der Waals surface area contributed by atoms with Crippen LogP contribution >= 0.6 is 11.3 Å². The summed E-state index contributed by atoms with van der Waals surface area (Å²) in [5.74, 6) is 0.399. The molecule has 0 spiro atoms. The Morgan fingerprint density at radius 1 is 1.11 bits per heavy atom. The van der Waals surface area contributed by atoms with Gasteiger partial charge in [0.25, 0.3) is 5.91 Å². The summed E-state index contributed by atoms with van der Waals surface area (Å²) >= 11 is 1.56. The summed E-state index contributed by atoms with van der Waals surface area (Å²) in [5.41, 5.74) is 2.54. The molecule has 2 N–H and O–H groups in total. The summed E-state index contributed by atoms with van der Waals surface area (Å²) in [6.07, 6.45) is 3.31. The highest BCUT2D eigenvalue weighted by Gasteiger charge is 2.28. The fourth-order valence-electron chi connectivity index (χ4n) is 3.81. The normalized spacial score (nSPS) is 15.9. The molecule has 144 valence electrons. The van der Waals surface area contributed by atoms with Crippen LogP contribution in [-0.4, -0.2) is 11.8 Å². The standard InChI is InChI=1S/C23H24N2O2S/c1-3-20(26)25-23-21(17-12-11-14(2)13-19(17)28-23)22(27)24-18-10-6-8-15-7-4-5-9-16(15)18/h4-10,14H,3,11-13H2,1-2H3,(H,24,27)(H,25,26).